The van der Waals surface area contributed by atoms with E-state index in [1.165, 1.54) is 16.7 Å². The van der Waals surface area contributed by atoms with E-state index in [1.807, 2.05) is 12.3 Å². The van der Waals surface area contributed by atoms with E-state index in [-0.39, 0.29) is 0 Å². The molecule has 2 aromatic carbocycles. The molecular formula is C18H16N2. The van der Waals surface area contributed by atoms with Crippen molar-refractivity contribution in [1.82, 2.24) is 10.2 Å². The maximum atomic E-state index is 4.24. The molecule has 0 unspecified atom stereocenters. The standard InChI is InChI=1S/C18H16N2/c1-13-6-8-15(9-7-13)17-11-18(20-19-12-17)16-5-3-4-14(2)10-16/h3-12H,1-2H3. The summed E-state index contributed by atoms with van der Waals surface area (Å²) >= 11 is 0. The van der Waals surface area contributed by atoms with E-state index >= 15 is 0 Å². The number of aromatic nitrogens is 2. The summed E-state index contributed by atoms with van der Waals surface area (Å²) < 4.78 is 0. The Balaban J connectivity index is 2.03. The zero-order chi connectivity index (χ0) is 13.9. The molecule has 2 nitrogen and oxygen atoms in total. The Morgan fingerprint density at radius 2 is 1.50 bits per heavy atom. The van der Waals surface area contributed by atoms with Crippen LogP contribution >= 0.6 is 0 Å². The molecule has 20 heavy (non-hydrogen) atoms. The molecule has 1 aromatic heterocycles. The number of hydrogen-bond acceptors (Lipinski definition) is 2. The van der Waals surface area contributed by atoms with Crippen molar-refractivity contribution in [2.75, 3.05) is 0 Å². The molecule has 0 radical (unpaired) electrons. The first-order chi connectivity index (χ1) is 9.72. The van der Waals surface area contributed by atoms with Crippen molar-refractivity contribution in [1.29, 1.82) is 0 Å². The average molecular weight is 260 g/mol. The Morgan fingerprint density at radius 1 is 0.700 bits per heavy atom. The van der Waals surface area contributed by atoms with Gasteiger partial charge in [-0.1, -0.05) is 53.6 Å². The number of aryl methyl sites for hydroxylation is 2. The van der Waals surface area contributed by atoms with Gasteiger partial charge < -0.3 is 0 Å². The topological polar surface area (TPSA) is 25.8 Å². The molecule has 0 aliphatic heterocycles. The number of hydrogen-bond donors (Lipinski definition) is 0. The summed E-state index contributed by atoms with van der Waals surface area (Å²) in [6.07, 6.45) is 1.81. The maximum absolute atomic E-state index is 4.24. The van der Waals surface area contributed by atoms with Crippen LogP contribution in [0.1, 0.15) is 11.1 Å². The van der Waals surface area contributed by atoms with Gasteiger partial charge in [0.2, 0.25) is 0 Å². The van der Waals surface area contributed by atoms with Gasteiger partial charge in [-0.15, -0.1) is 0 Å². The predicted molar refractivity (Wildman–Crippen MR) is 82.4 cm³/mol. The van der Waals surface area contributed by atoms with Gasteiger partial charge in [-0.2, -0.15) is 10.2 Å². The summed E-state index contributed by atoms with van der Waals surface area (Å²) in [5, 5.41) is 8.38. The molecule has 98 valence electrons. The zero-order valence-corrected chi connectivity index (χ0v) is 11.7. The molecule has 0 atom stereocenters. The van der Waals surface area contributed by atoms with Crippen molar-refractivity contribution in [2.24, 2.45) is 0 Å². The van der Waals surface area contributed by atoms with Gasteiger partial charge in [0.05, 0.1) is 11.9 Å². The second kappa shape index (κ2) is 5.25. The van der Waals surface area contributed by atoms with Crippen LogP contribution in [0.5, 0.6) is 0 Å². The second-order valence-electron chi connectivity index (χ2n) is 5.06. The highest BCUT2D eigenvalue weighted by Gasteiger charge is 2.04. The molecule has 2 heteroatoms. The third kappa shape index (κ3) is 2.59. The second-order valence-corrected chi connectivity index (χ2v) is 5.06. The van der Waals surface area contributed by atoms with Crippen LogP contribution in [0.3, 0.4) is 0 Å². The van der Waals surface area contributed by atoms with Crippen LogP contribution in [0.15, 0.2) is 60.8 Å². The first-order valence-corrected chi connectivity index (χ1v) is 6.69. The van der Waals surface area contributed by atoms with Crippen LogP contribution in [-0.2, 0) is 0 Å². The Kier molecular flexibility index (Phi) is 3.30. The lowest BCUT2D eigenvalue weighted by molar-refractivity contribution is 1.04. The van der Waals surface area contributed by atoms with E-state index in [2.05, 4.69) is 72.6 Å². The lowest BCUT2D eigenvalue weighted by atomic mass is 10.0. The SMILES string of the molecule is Cc1ccc(-c2cnnc(-c3cccc(C)c3)c2)cc1. The van der Waals surface area contributed by atoms with E-state index in [0.717, 1.165) is 16.8 Å². The summed E-state index contributed by atoms with van der Waals surface area (Å²) in [5.74, 6) is 0. The molecule has 1 heterocycles. The molecule has 0 saturated carbocycles. The zero-order valence-electron chi connectivity index (χ0n) is 11.7. The Labute approximate surface area is 119 Å². The Bertz CT molecular complexity index is 730. The van der Waals surface area contributed by atoms with E-state index in [4.69, 9.17) is 0 Å². The minimum atomic E-state index is 0.909. The average Bonchev–Trinajstić information content (AvgIpc) is 2.48. The molecule has 3 rings (SSSR count). The molecule has 0 aliphatic rings. The highest BCUT2D eigenvalue weighted by atomic mass is 15.1. The van der Waals surface area contributed by atoms with E-state index < -0.39 is 0 Å². The monoisotopic (exact) mass is 260 g/mol. The fraction of sp³-hybridized carbons (Fsp3) is 0.111. The van der Waals surface area contributed by atoms with Gasteiger partial charge in [-0.25, -0.2) is 0 Å². The summed E-state index contributed by atoms with van der Waals surface area (Å²) in [6, 6.07) is 18.9. The van der Waals surface area contributed by atoms with Gasteiger partial charge in [-0.05, 0) is 31.5 Å². The van der Waals surface area contributed by atoms with Crippen molar-refractivity contribution >= 4 is 0 Å². The van der Waals surface area contributed by atoms with Crippen molar-refractivity contribution < 1.29 is 0 Å². The van der Waals surface area contributed by atoms with Crippen LogP contribution in [0.25, 0.3) is 22.4 Å². The summed E-state index contributed by atoms with van der Waals surface area (Å²) in [4.78, 5) is 0. The normalized spacial score (nSPS) is 10.5. The Hall–Kier alpha value is -2.48. The lowest BCUT2D eigenvalue weighted by Gasteiger charge is -2.05. The van der Waals surface area contributed by atoms with Crippen LogP contribution in [-0.4, -0.2) is 10.2 Å². The minimum absolute atomic E-state index is 0.909. The highest BCUT2D eigenvalue weighted by Crippen LogP contribution is 2.24. The summed E-state index contributed by atoms with van der Waals surface area (Å²) in [7, 11) is 0. The Morgan fingerprint density at radius 3 is 2.25 bits per heavy atom. The van der Waals surface area contributed by atoms with E-state index in [0.29, 0.717) is 0 Å². The molecule has 3 aromatic rings. The fourth-order valence-corrected chi connectivity index (χ4v) is 2.22. The largest absolute Gasteiger partial charge is 0.158 e. The van der Waals surface area contributed by atoms with Gasteiger partial charge >= 0.3 is 0 Å². The lowest BCUT2D eigenvalue weighted by Crippen LogP contribution is -1.90. The molecule has 0 spiro atoms. The summed E-state index contributed by atoms with van der Waals surface area (Å²) in [5.41, 5.74) is 6.76. The van der Waals surface area contributed by atoms with E-state index in [1.54, 1.807) is 0 Å². The predicted octanol–water partition coefficient (Wildman–Crippen LogP) is 4.43. The third-order valence-corrected chi connectivity index (χ3v) is 3.35. The third-order valence-electron chi connectivity index (χ3n) is 3.35. The molecule has 0 saturated heterocycles. The van der Waals surface area contributed by atoms with Crippen LogP contribution < -0.4 is 0 Å². The number of nitrogens with zero attached hydrogens (tertiary/aromatic N) is 2. The molecule has 0 bridgehead atoms. The van der Waals surface area contributed by atoms with Crippen LogP contribution in [0.4, 0.5) is 0 Å². The van der Waals surface area contributed by atoms with Gasteiger partial charge in [0.15, 0.2) is 0 Å². The van der Waals surface area contributed by atoms with Gasteiger partial charge in [0.25, 0.3) is 0 Å². The molecule has 0 aliphatic carbocycles. The smallest absolute Gasteiger partial charge is 0.0935 e. The van der Waals surface area contributed by atoms with Crippen molar-refractivity contribution in [2.45, 2.75) is 13.8 Å². The van der Waals surface area contributed by atoms with E-state index in [9.17, 15) is 0 Å². The van der Waals surface area contributed by atoms with Crippen molar-refractivity contribution in [3.05, 3.63) is 71.9 Å². The quantitative estimate of drug-likeness (QED) is 0.681. The van der Waals surface area contributed by atoms with Crippen LogP contribution in [0, 0.1) is 13.8 Å². The fourth-order valence-electron chi connectivity index (χ4n) is 2.22. The molecule has 0 fully saturated rings. The molecule has 0 N–H and O–H groups in total. The van der Waals surface area contributed by atoms with Crippen molar-refractivity contribution in [3.63, 3.8) is 0 Å². The number of benzene rings is 2. The highest BCUT2D eigenvalue weighted by molar-refractivity contribution is 5.69. The van der Waals surface area contributed by atoms with Gasteiger partial charge in [0.1, 0.15) is 0 Å². The first kappa shape index (κ1) is 12.5. The minimum Gasteiger partial charge on any atom is -0.158 e. The van der Waals surface area contributed by atoms with Gasteiger partial charge in [0, 0.05) is 11.1 Å². The number of rotatable bonds is 2. The summed E-state index contributed by atoms with van der Waals surface area (Å²) in [6.45, 7) is 4.17. The van der Waals surface area contributed by atoms with Crippen molar-refractivity contribution in [3.8, 4) is 22.4 Å². The maximum Gasteiger partial charge on any atom is 0.0935 e. The molecular weight excluding hydrogens is 244 g/mol. The van der Waals surface area contributed by atoms with Crippen LogP contribution in [0.2, 0.25) is 0 Å². The molecule has 0 amide bonds. The van der Waals surface area contributed by atoms with Gasteiger partial charge in [-0.3, -0.25) is 0 Å². The first-order valence-electron chi connectivity index (χ1n) is 6.69.